The molecule has 4 aromatic rings. The summed E-state index contributed by atoms with van der Waals surface area (Å²) in [5.41, 5.74) is 5.11. The van der Waals surface area contributed by atoms with Crippen LogP contribution >= 0.6 is 0 Å². The Hall–Kier alpha value is -3.98. The van der Waals surface area contributed by atoms with Crippen molar-refractivity contribution in [2.75, 3.05) is 19.0 Å². The van der Waals surface area contributed by atoms with Gasteiger partial charge in [0.2, 0.25) is 5.95 Å². The van der Waals surface area contributed by atoms with Gasteiger partial charge in [-0.1, -0.05) is 19.9 Å². The molecule has 0 saturated carbocycles. The van der Waals surface area contributed by atoms with Crippen molar-refractivity contribution >= 4 is 23.0 Å². The van der Waals surface area contributed by atoms with Gasteiger partial charge in [-0.2, -0.15) is 0 Å². The fraction of sp³-hybridized carbons (Fsp3) is 0.280. The molecule has 0 bridgehead atoms. The van der Waals surface area contributed by atoms with Crippen molar-refractivity contribution in [2.45, 2.75) is 26.9 Å². The van der Waals surface area contributed by atoms with Crippen LogP contribution in [0.25, 0.3) is 33.4 Å². The number of hydrogen-bond donors (Lipinski definition) is 4. The van der Waals surface area contributed by atoms with E-state index in [-0.39, 0.29) is 11.9 Å². The highest BCUT2D eigenvalue weighted by molar-refractivity contribution is 5.98. The third-order valence-electron chi connectivity index (χ3n) is 5.46. The van der Waals surface area contributed by atoms with E-state index in [9.17, 15) is 9.90 Å². The highest BCUT2D eigenvalue weighted by Crippen LogP contribution is 2.37. The molecule has 4 N–H and O–H groups in total. The highest BCUT2D eigenvalue weighted by Gasteiger charge is 2.18. The predicted octanol–water partition coefficient (Wildman–Crippen LogP) is 4.53. The van der Waals surface area contributed by atoms with Crippen molar-refractivity contribution in [3.63, 3.8) is 0 Å². The molecule has 9 heteroatoms. The number of carbonyl (C=O) groups is 1. The summed E-state index contributed by atoms with van der Waals surface area (Å²) in [6.45, 7) is 6.24. The summed E-state index contributed by atoms with van der Waals surface area (Å²) < 4.78 is 5.54. The van der Waals surface area contributed by atoms with Gasteiger partial charge >= 0.3 is 6.03 Å². The molecule has 0 fully saturated rings. The van der Waals surface area contributed by atoms with Gasteiger partial charge in [0, 0.05) is 30.1 Å². The van der Waals surface area contributed by atoms with E-state index in [1.807, 2.05) is 51.1 Å². The number of methoxy groups -OCH3 is 1. The quantitative estimate of drug-likeness (QED) is 0.321. The van der Waals surface area contributed by atoms with E-state index in [2.05, 4.69) is 30.6 Å². The number of aliphatic hydroxyl groups is 1. The van der Waals surface area contributed by atoms with Crippen molar-refractivity contribution in [1.29, 1.82) is 0 Å². The minimum absolute atomic E-state index is 0.0683. The molecule has 3 aromatic heterocycles. The van der Waals surface area contributed by atoms with Crippen molar-refractivity contribution in [2.24, 2.45) is 5.92 Å². The number of hydrogen-bond acceptors (Lipinski definition) is 6. The number of urea groups is 1. The number of rotatable bonds is 7. The molecule has 3 heterocycles. The van der Waals surface area contributed by atoms with Crippen LogP contribution in [0.5, 0.6) is 5.75 Å². The molecule has 2 amide bonds. The van der Waals surface area contributed by atoms with Gasteiger partial charge in [0.1, 0.15) is 17.0 Å². The number of benzene rings is 1. The van der Waals surface area contributed by atoms with Crippen molar-refractivity contribution < 1.29 is 14.6 Å². The summed E-state index contributed by atoms with van der Waals surface area (Å²) >= 11 is 0. The van der Waals surface area contributed by atoms with E-state index in [1.165, 1.54) is 0 Å². The average molecular weight is 461 g/mol. The summed E-state index contributed by atoms with van der Waals surface area (Å²) in [5, 5.41) is 15.7. The topological polar surface area (TPSA) is 125 Å². The molecule has 34 heavy (non-hydrogen) atoms. The number of aromatic amines is 1. The number of aromatic nitrogens is 4. The lowest BCUT2D eigenvalue weighted by atomic mass is 9.99. The monoisotopic (exact) mass is 460 g/mol. The molecule has 0 saturated heterocycles. The number of nitrogens with zero attached hydrogens (tertiary/aromatic N) is 3. The molecule has 1 atom stereocenters. The van der Waals surface area contributed by atoms with Crippen LogP contribution in [0.15, 0.2) is 48.8 Å². The van der Waals surface area contributed by atoms with E-state index in [4.69, 9.17) is 4.74 Å². The van der Waals surface area contributed by atoms with Crippen LogP contribution in [0.3, 0.4) is 0 Å². The average Bonchev–Trinajstić information content (AvgIpc) is 3.25. The van der Waals surface area contributed by atoms with Crippen molar-refractivity contribution in [3.8, 4) is 28.1 Å². The number of pyridine rings is 2. The molecule has 176 valence electrons. The van der Waals surface area contributed by atoms with Gasteiger partial charge in [0.15, 0.2) is 0 Å². The Kier molecular flexibility index (Phi) is 6.74. The Bertz CT molecular complexity index is 1300. The first kappa shape index (κ1) is 23.2. The van der Waals surface area contributed by atoms with Crippen LogP contribution in [-0.4, -0.2) is 44.7 Å². The summed E-state index contributed by atoms with van der Waals surface area (Å²) in [7, 11) is 1.59. The van der Waals surface area contributed by atoms with E-state index < -0.39 is 6.10 Å². The predicted molar refractivity (Wildman–Crippen MR) is 132 cm³/mol. The molecule has 1 unspecified atom stereocenters. The van der Waals surface area contributed by atoms with Gasteiger partial charge in [-0.05, 0) is 48.7 Å². The number of imidazole rings is 1. The number of ether oxygens (including phenoxy) is 1. The van der Waals surface area contributed by atoms with Crippen LogP contribution in [0.1, 0.15) is 32.6 Å². The first-order valence-corrected chi connectivity index (χ1v) is 11.1. The van der Waals surface area contributed by atoms with Crippen LogP contribution < -0.4 is 15.4 Å². The van der Waals surface area contributed by atoms with Gasteiger partial charge < -0.3 is 20.1 Å². The van der Waals surface area contributed by atoms with Gasteiger partial charge in [-0.25, -0.2) is 9.78 Å². The van der Waals surface area contributed by atoms with Crippen LogP contribution in [-0.2, 0) is 0 Å². The normalized spacial score (nSPS) is 12.1. The zero-order valence-corrected chi connectivity index (χ0v) is 19.6. The van der Waals surface area contributed by atoms with Gasteiger partial charge in [-0.3, -0.25) is 15.3 Å². The van der Waals surface area contributed by atoms with E-state index >= 15 is 0 Å². The Labute approximate surface area is 197 Å². The van der Waals surface area contributed by atoms with Crippen molar-refractivity contribution in [1.82, 2.24) is 25.3 Å². The second-order valence-electron chi connectivity index (χ2n) is 8.20. The van der Waals surface area contributed by atoms with Crippen LogP contribution in [0, 0.1) is 5.92 Å². The maximum atomic E-state index is 12.0. The smallest absolute Gasteiger partial charge is 0.321 e. The summed E-state index contributed by atoms with van der Waals surface area (Å²) in [5.74, 6) is 0.997. The van der Waals surface area contributed by atoms with E-state index in [0.29, 0.717) is 35.1 Å². The number of anilines is 1. The third-order valence-corrected chi connectivity index (χ3v) is 5.46. The lowest BCUT2D eigenvalue weighted by molar-refractivity contribution is 0.122. The Balaban J connectivity index is 1.84. The number of H-pyrrole nitrogens is 1. The molecule has 4 rings (SSSR count). The maximum absolute atomic E-state index is 12.0. The Morgan fingerprint density at radius 2 is 2.00 bits per heavy atom. The molecular weight excluding hydrogens is 432 g/mol. The van der Waals surface area contributed by atoms with Crippen molar-refractivity contribution in [3.05, 3.63) is 54.5 Å². The first-order chi connectivity index (χ1) is 16.4. The fourth-order valence-corrected chi connectivity index (χ4v) is 3.69. The number of aliphatic hydroxyl groups excluding tert-OH is 1. The molecule has 0 spiro atoms. The number of fused-ring (bicyclic) bond motifs is 1. The second-order valence-corrected chi connectivity index (χ2v) is 8.20. The summed E-state index contributed by atoms with van der Waals surface area (Å²) in [4.78, 5) is 28.8. The number of nitrogens with one attached hydrogen (secondary N) is 3. The zero-order chi connectivity index (χ0) is 24.2. The molecule has 0 aliphatic heterocycles. The van der Waals surface area contributed by atoms with Gasteiger partial charge in [0.05, 0.1) is 24.4 Å². The fourth-order valence-electron chi connectivity index (χ4n) is 3.69. The van der Waals surface area contributed by atoms with E-state index in [1.54, 1.807) is 25.6 Å². The minimum atomic E-state index is -0.625. The maximum Gasteiger partial charge on any atom is 0.321 e. The largest absolute Gasteiger partial charge is 0.494 e. The molecule has 9 nitrogen and oxygen atoms in total. The minimum Gasteiger partial charge on any atom is -0.494 e. The van der Waals surface area contributed by atoms with Crippen LogP contribution in [0.4, 0.5) is 10.7 Å². The lowest BCUT2D eigenvalue weighted by Crippen LogP contribution is -2.28. The number of amides is 2. The Morgan fingerprint density at radius 1 is 1.18 bits per heavy atom. The second kappa shape index (κ2) is 9.88. The molecule has 0 aliphatic carbocycles. The zero-order valence-electron chi connectivity index (χ0n) is 19.6. The SMILES string of the molecule is CCNC(=O)Nc1nc2c(-c3ncccc3OC)cc(-c3ccc(C(O)C(C)C)nc3)cc2[nH]1. The molecule has 0 aliphatic rings. The Morgan fingerprint density at radius 3 is 2.68 bits per heavy atom. The van der Waals surface area contributed by atoms with Gasteiger partial charge in [-0.15, -0.1) is 0 Å². The molecular formula is C25H28N6O3. The first-order valence-electron chi connectivity index (χ1n) is 11.1. The lowest BCUT2D eigenvalue weighted by Gasteiger charge is -2.14. The summed E-state index contributed by atoms with van der Waals surface area (Å²) in [6, 6.07) is 11.0. The van der Waals surface area contributed by atoms with Gasteiger partial charge in [0.25, 0.3) is 0 Å². The number of carbonyl (C=O) groups excluding carboxylic acids is 1. The van der Waals surface area contributed by atoms with Crippen LogP contribution in [0.2, 0.25) is 0 Å². The van der Waals surface area contributed by atoms with E-state index in [0.717, 1.165) is 22.2 Å². The third kappa shape index (κ3) is 4.69. The molecule has 0 radical (unpaired) electrons. The summed E-state index contributed by atoms with van der Waals surface area (Å²) in [6.07, 6.45) is 2.81. The highest BCUT2D eigenvalue weighted by atomic mass is 16.5. The standard InChI is InChI=1S/C25H28N6O3/c1-5-26-25(33)31-24-29-19-12-16(15-8-9-18(28-13-15)23(32)14(2)3)11-17(21(19)30-24)22-20(34-4)7-6-10-27-22/h6-14,23,32H,5H2,1-4H3,(H3,26,29,30,31,33). The molecule has 1 aromatic carbocycles.